The van der Waals surface area contributed by atoms with Crippen molar-refractivity contribution in [1.82, 2.24) is 10.6 Å². The molecular weight excluding hydrogens is 512 g/mol. The summed E-state index contributed by atoms with van der Waals surface area (Å²) < 4.78 is 0. The Morgan fingerprint density at radius 2 is 1.34 bits per heavy atom. The fourth-order valence-corrected chi connectivity index (χ4v) is 5.05. The maximum atomic E-state index is 13.4. The molecule has 5 rings (SSSR count). The molecule has 2 N–H and O–H groups in total. The zero-order valence-corrected chi connectivity index (χ0v) is 23.0. The highest BCUT2D eigenvalue weighted by molar-refractivity contribution is 6.20. The number of likely N-dealkylation sites (N-methyl/N-ethyl adjacent to an activating group) is 1. The fourth-order valence-electron chi connectivity index (χ4n) is 5.05. The van der Waals surface area contributed by atoms with Gasteiger partial charge >= 0.3 is 0 Å². The molecule has 1 heterocycles. The molecule has 0 aliphatic carbocycles. The quantitative estimate of drug-likeness (QED) is 0.338. The third-order valence-electron chi connectivity index (χ3n) is 7.23. The molecule has 0 spiro atoms. The number of carbonyl (C=O) groups excluding carboxylic acids is 3. The largest absolute Gasteiger partial charge is 0.345 e. The number of anilines is 1. The lowest BCUT2D eigenvalue weighted by Crippen LogP contribution is -2.52. The van der Waals surface area contributed by atoms with Crippen molar-refractivity contribution >= 4 is 29.1 Å². The molecule has 4 aromatic carbocycles. The van der Waals surface area contributed by atoms with E-state index in [1.165, 1.54) is 4.90 Å². The summed E-state index contributed by atoms with van der Waals surface area (Å²) in [4.78, 5) is 46.1. The predicted molar refractivity (Wildman–Crippen MR) is 161 cm³/mol. The van der Waals surface area contributed by atoms with Gasteiger partial charge in [-0.3, -0.25) is 14.4 Å². The summed E-state index contributed by atoms with van der Waals surface area (Å²) in [5.41, 5.74) is 4.96. The van der Waals surface area contributed by atoms with Gasteiger partial charge in [-0.15, -0.1) is 0 Å². The van der Waals surface area contributed by atoms with Gasteiger partial charge in [0.15, 0.2) is 0 Å². The minimum Gasteiger partial charge on any atom is -0.345 e. The Hall–Kier alpha value is -5.04. The average molecular weight is 545 g/mol. The van der Waals surface area contributed by atoms with E-state index in [2.05, 4.69) is 10.6 Å². The summed E-state index contributed by atoms with van der Waals surface area (Å²) in [7, 11) is 1.67. The van der Waals surface area contributed by atoms with Crippen LogP contribution in [0, 0.1) is 0 Å². The molecule has 0 unspecified atom stereocenters. The fraction of sp³-hybridized carbons (Fsp3) is 0.176. The van der Waals surface area contributed by atoms with Crippen LogP contribution in [0.1, 0.15) is 41.5 Å². The first-order valence-electron chi connectivity index (χ1n) is 13.6. The minimum atomic E-state index is -1.16. The van der Waals surface area contributed by atoms with Crippen molar-refractivity contribution in [3.05, 3.63) is 138 Å². The van der Waals surface area contributed by atoms with E-state index in [4.69, 9.17) is 4.99 Å². The summed E-state index contributed by atoms with van der Waals surface area (Å²) in [5.74, 6) is -1.30. The maximum Gasteiger partial charge on any atom is 0.272 e. The third-order valence-corrected chi connectivity index (χ3v) is 7.23. The summed E-state index contributed by atoms with van der Waals surface area (Å²) in [6.45, 7) is 1.61. The number of fused-ring (bicyclic) bond motifs is 1. The predicted octanol–water partition coefficient (Wildman–Crippen LogP) is 4.67. The summed E-state index contributed by atoms with van der Waals surface area (Å²) in [5, 5.41) is 5.58. The number of nitrogens with zero attached hydrogens (tertiary/aromatic N) is 2. The van der Waals surface area contributed by atoms with Crippen LogP contribution in [0.5, 0.6) is 0 Å². The molecule has 0 fully saturated rings. The molecule has 0 bridgehead atoms. The lowest BCUT2D eigenvalue weighted by molar-refractivity contribution is -0.131. The summed E-state index contributed by atoms with van der Waals surface area (Å²) in [6, 6.07) is 35.8. The third kappa shape index (κ3) is 6.25. The molecule has 7 nitrogen and oxygen atoms in total. The number of carbonyl (C=O) groups is 3. The highest BCUT2D eigenvalue weighted by Crippen LogP contribution is 2.29. The molecular formula is C34H32N4O3. The molecule has 1 aliphatic rings. The number of benzodiazepines with no additional fused rings is 1. The SMILES string of the molecule is C[C@H](NC(=O)CC(c1ccccc1)c1ccccc1)C(=O)N[C@H]1N=C(c2ccccc2)c2ccccc2N(C)C1=O. The second kappa shape index (κ2) is 12.4. The number of aliphatic imine (C=N–C) groups is 1. The summed E-state index contributed by atoms with van der Waals surface area (Å²) in [6.07, 6.45) is -0.988. The van der Waals surface area contributed by atoms with E-state index in [-0.39, 0.29) is 24.2 Å². The van der Waals surface area contributed by atoms with Gasteiger partial charge in [0.25, 0.3) is 5.91 Å². The Morgan fingerprint density at radius 3 is 1.95 bits per heavy atom. The van der Waals surface area contributed by atoms with Gasteiger partial charge in [0, 0.05) is 30.5 Å². The van der Waals surface area contributed by atoms with Crippen molar-refractivity contribution in [2.24, 2.45) is 4.99 Å². The topological polar surface area (TPSA) is 90.9 Å². The van der Waals surface area contributed by atoms with Gasteiger partial charge in [-0.2, -0.15) is 0 Å². The van der Waals surface area contributed by atoms with Crippen molar-refractivity contribution in [3.8, 4) is 0 Å². The van der Waals surface area contributed by atoms with Crippen molar-refractivity contribution < 1.29 is 14.4 Å². The first kappa shape index (κ1) is 27.5. The van der Waals surface area contributed by atoms with Crippen LogP contribution in [0.2, 0.25) is 0 Å². The molecule has 1 aliphatic heterocycles. The molecule has 3 amide bonds. The molecule has 41 heavy (non-hydrogen) atoms. The molecule has 206 valence electrons. The average Bonchev–Trinajstić information content (AvgIpc) is 3.11. The molecule has 4 aromatic rings. The second-order valence-electron chi connectivity index (χ2n) is 10.0. The lowest BCUT2D eigenvalue weighted by Gasteiger charge is -2.23. The molecule has 0 radical (unpaired) electrons. The number of hydrogen-bond acceptors (Lipinski definition) is 4. The van der Waals surface area contributed by atoms with Crippen molar-refractivity contribution in [2.75, 3.05) is 11.9 Å². The number of para-hydroxylation sites is 1. The Labute approximate surface area is 239 Å². The number of hydrogen-bond donors (Lipinski definition) is 2. The zero-order valence-electron chi connectivity index (χ0n) is 23.0. The van der Waals surface area contributed by atoms with Crippen LogP contribution in [0.15, 0.2) is 120 Å². The molecule has 2 atom stereocenters. The second-order valence-corrected chi connectivity index (χ2v) is 10.0. The monoisotopic (exact) mass is 544 g/mol. The van der Waals surface area contributed by atoms with E-state index in [0.717, 1.165) is 22.3 Å². The standard InChI is InChI=1S/C34H32N4O3/c1-23(35-30(39)22-28(24-14-6-3-7-15-24)25-16-8-4-9-17-25)33(40)37-32-34(41)38(2)29-21-13-12-20-27(29)31(36-32)26-18-10-5-11-19-26/h3-21,23,28,32H,22H2,1-2H3,(H,35,39)(H,37,40)/t23-,32+/m0/s1. The van der Waals surface area contributed by atoms with Gasteiger partial charge < -0.3 is 15.5 Å². The Morgan fingerprint density at radius 1 is 0.805 bits per heavy atom. The van der Waals surface area contributed by atoms with Gasteiger partial charge in [0.1, 0.15) is 6.04 Å². The van der Waals surface area contributed by atoms with E-state index < -0.39 is 18.1 Å². The van der Waals surface area contributed by atoms with Crippen LogP contribution in [0.4, 0.5) is 5.69 Å². The zero-order chi connectivity index (χ0) is 28.8. The summed E-state index contributed by atoms with van der Waals surface area (Å²) >= 11 is 0. The van der Waals surface area contributed by atoms with Gasteiger partial charge in [-0.1, -0.05) is 109 Å². The van der Waals surface area contributed by atoms with E-state index >= 15 is 0 Å². The Balaban J connectivity index is 1.33. The number of benzene rings is 4. The van der Waals surface area contributed by atoms with Crippen molar-refractivity contribution in [2.45, 2.75) is 31.5 Å². The highest BCUT2D eigenvalue weighted by atomic mass is 16.2. The van der Waals surface area contributed by atoms with E-state index in [0.29, 0.717) is 11.4 Å². The minimum absolute atomic E-state index is 0.165. The van der Waals surface area contributed by atoms with Gasteiger partial charge in [-0.25, -0.2) is 4.99 Å². The lowest BCUT2D eigenvalue weighted by atomic mass is 9.88. The van der Waals surface area contributed by atoms with Crippen molar-refractivity contribution in [3.63, 3.8) is 0 Å². The van der Waals surface area contributed by atoms with Gasteiger partial charge in [0.2, 0.25) is 18.0 Å². The maximum absolute atomic E-state index is 13.4. The number of rotatable bonds is 8. The number of nitrogens with one attached hydrogen (secondary N) is 2. The van der Waals surface area contributed by atoms with Crippen LogP contribution >= 0.6 is 0 Å². The van der Waals surface area contributed by atoms with E-state index in [1.54, 1.807) is 14.0 Å². The van der Waals surface area contributed by atoms with Crippen molar-refractivity contribution in [1.29, 1.82) is 0 Å². The highest BCUT2D eigenvalue weighted by Gasteiger charge is 2.32. The van der Waals surface area contributed by atoms with Crippen LogP contribution in [-0.4, -0.2) is 42.7 Å². The van der Waals surface area contributed by atoms with Crippen LogP contribution in [0.25, 0.3) is 0 Å². The van der Waals surface area contributed by atoms with E-state index in [9.17, 15) is 14.4 Å². The molecule has 0 aromatic heterocycles. The first-order valence-corrected chi connectivity index (χ1v) is 13.6. The molecule has 0 saturated carbocycles. The number of amides is 3. The van der Waals surface area contributed by atoms with Crippen LogP contribution in [-0.2, 0) is 14.4 Å². The molecule has 0 saturated heterocycles. The van der Waals surface area contributed by atoms with Crippen LogP contribution < -0.4 is 15.5 Å². The first-order chi connectivity index (χ1) is 19.9. The van der Waals surface area contributed by atoms with Gasteiger partial charge in [0.05, 0.1) is 11.4 Å². The van der Waals surface area contributed by atoms with Gasteiger partial charge in [-0.05, 0) is 24.1 Å². The Bertz CT molecular complexity index is 1520. The molecule has 7 heteroatoms. The van der Waals surface area contributed by atoms with E-state index in [1.807, 2.05) is 115 Å². The Kier molecular flexibility index (Phi) is 8.34. The smallest absolute Gasteiger partial charge is 0.272 e. The van der Waals surface area contributed by atoms with Crippen LogP contribution in [0.3, 0.4) is 0 Å². The normalized spacial score (nSPS) is 15.4.